The highest BCUT2D eigenvalue weighted by atomic mass is 19.1. The molecule has 7 heteroatoms. The Hall–Kier alpha value is -3.53. The van der Waals surface area contributed by atoms with Gasteiger partial charge < -0.3 is 10.2 Å². The summed E-state index contributed by atoms with van der Waals surface area (Å²) in [4.78, 5) is 22.7. The molecule has 134 valence electrons. The Morgan fingerprint density at radius 3 is 2.81 bits per heavy atom. The van der Waals surface area contributed by atoms with Gasteiger partial charge in [-0.05, 0) is 36.2 Å². The zero-order valence-electron chi connectivity index (χ0n) is 14.4. The second-order valence-electron chi connectivity index (χ2n) is 6.41. The number of halogens is 1. The van der Waals surface area contributed by atoms with Crippen LogP contribution in [0.15, 0.2) is 48.8 Å². The van der Waals surface area contributed by atoms with E-state index in [1.165, 1.54) is 12.4 Å². The van der Waals surface area contributed by atoms with Crippen LogP contribution in [0, 0.1) is 17.1 Å². The highest BCUT2D eigenvalue weighted by Gasteiger charge is 2.32. The number of nitrogens with one attached hydrogen (secondary N) is 1. The highest BCUT2D eigenvalue weighted by Crippen LogP contribution is 2.24. The Balaban J connectivity index is 1.49. The second-order valence-corrected chi connectivity index (χ2v) is 6.41. The lowest BCUT2D eigenvalue weighted by atomic mass is 10.1. The third-order valence-electron chi connectivity index (χ3n) is 4.68. The van der Waals surface area contributed by atoms with Crippen molar-refractivity contribution in [3.05, 3.63) is 65.7 Å². The normalized spacial score (nSPS) is 16.5. The predicted molar refractivity (Wildman–Crippen MR) is 98.1 cm³/mol. The molecule has 0 bridgehead atoms. The number of para-hydroxylation sites is 1. The number of carbonyl (C=O) groups excluding carboxylic acids is 1. The van der Waals surface area contributed by atoms with E-state index in [9.17, 15) is 9.18 Å². The van der Waals surface area contributed by atoms with Gasteiger partial charge in [0.15, 0.2) is 0 Å². The van der Waals surface area contributed by atoms with Crippen LogP contribution in [0.2, 0.25) is 0 Å². The van der Waals surface area contributed by atoms with Crippen molar-refractivity contribution in [3.8, 4) is 6.07 Å². The van der Waals surface area contributed by atoms with Crippen molar-refractivity contribution < 1.29 is 9.18 Å². The molecule has 1 unspecified atom stereocenters. The zero-order chi connectivity index (χ0) is 18.8. The summed E-state index contributed by atoms with van der Waals surface area (Å²) in [5.74, 6) is 0.0127. The third kappa shape index (κ3) is 3.29. The maximum Gasteiger partial charge on any atom is 0.245 e. The lowest BCUT2D eigenvalue weighted by Crippen LogP contribution is -2.33. The molecule has 1 atom stereocenters. The molecule has 1 aliphatic heterocycles. The van der Waals surface area contributed by atoms with Crippen LogP contribution in [0.4, 0.5) is 10.2 Å². The van der Waals surface area contributed by atoms with Crippen LogP contribution < -0.4 is 5.32 Å². The summed E-state index contributed by atoms with van der Waals surface area (Å²) < 4.78 is 13.9. The van der Waals surface area contributed by atoms with Crippen molar-refractivity contribution in [3.63, 3.8) is 0 Å². The molecule has 1 N–H and O–H groups in total. The van der Waals surface area contributed by atoms with E-state index in [1.807, 2.05) is 12.1 Å². The van der Waals surface area contributed by atoms with Gasteiger partial charge in [-0.15, -0.1) is 0 Å². The van der Waals surface area contributed by atoms with Crippen molar-refractivity contribution in [2.24, 2.45) is 0 Å². The molecule has 1 aliphatic rings. The Bertz CT molecular complexity index is 1040. The first-order chi connectivity index (χ1) is 13.2. The van der Waals surface area contributed by atoms with Crippen LogP contribution >= 0.6 is 0 Å². The molecular formula is C20H16FN5O. The maximum absolute atomic E-state index is 13.9. The SMILES string of the molecule is N#Cc1ccc(CN2CCC(Nc3ncnc4c(F)cccc34)C2=O)cc1. The van der Waals surface area contributed by atoms with Gasteiger partial charge >= 0.3 is 0 Å². The van der Waals surface area contributed by atoms with Gasteiger partial charge in [0.1, 0.15) is 29.5 Å². The molecule has 6 nitrogen and oxygen atoms in total. The number of aromatic nitrogens is 2. The zero-order valence-corrected chi connectivity index (χ0v) is 14.4. The number of fused-ring (bicyclic) bond motifs is 1. The summed E-state index contributed by atoms with van der Waals surface area (Å²) in [5, 5.41) is 12.6. The summed E-state index contributed by atoms with van der Waals surface area (Å²) in [6.45, 7) is 1.11. The number of likely N-dealkylation sites (tertiary alicyclic amines) is 1. The molecule has 1 fully saturated rings. The number of hydrogen-bond donors (Lipinski definition) is 1. The number of anilines is 1. The fraction of sp³-hybridized carbons (Fsp3) is 0.200. The lowest BCUT2D eigenvalue weighted by Gasteiger charge is -2.18. The Labute approximate surface area is 155 Å². The quantitative estimate of drug-likeness (QED) is 0.773. The minimum atomic E-state index is -0.418. The van der Waals surface area contributed by atoms with Crippen LogP contribution in [0.25, 0.3) is 10.9 Å². The fourth-order valence-electron chi connectivity index (χ4n) is 3.27. The van der Waals surface area contributed by atoms with Crippen molar-refractivity contribution >= 4 is 22.6 Å². The summed E-state index contributed by atoms with van der Waals surface area (Å²) in [7, 11) is 0. The summed E-state index contributed by atoms with van der Waals surface area (Å²) in [5.41, 5.74) is 1.79. The first kappa shape index (κ1) is 16.9. The van der Waals surface area contributed by atoms with Crippen molar-refractivity contribution in [1.82, 2.24) is 14.9 Å². The summed E-state index contributed by atoms with van der Waals surface area (Å²) >= 11 is 0. The van der Waals surface area contributed by atoms with Crippen molar-refractivity contribution in [2.45, 2.75) is 19.0 Å². The van der Waals surface area contributed by atoms with Gasteiger partial charge in [0.25, 0.3) is 0 Å². The highest BCUT2D eigenvalue weighted by molar-refractivity contribution is 5.93. The standard InChI is InChI=1S/C20H16FN5O/c21-16-3-1-2-15-18(16)23-12-24-19(15)25-17-8-9-26(20(17)27)11-14-6-4-13(10-22)5-7-14/h1-7,12,17H,8-9,11H2,(H,23,24,25). The molecule has 27 heavy (non-hydrogen) atoms. The molecule has 0 saturated carbocycles. The Morgan fingerprint density at radius 2 is 2.04 bits per heavy atom. The van der Waals surface area contributed by atoms with Gasteiger partial charge in [0, 0.05) is 18.5 Å². The lowest BCUT2D eigenvalue weighted by molar-refractivity contribution is -0.128. The molecule has 2 aromatic carbocycles. The average Bonchev–Trinajstić information content (AvgIpc) is 3.03. The number of benzene rings is 2. The van der Waals surface area contributed by atoms with Crippen LogP contribution in [0.3, 0.4) is 0 Å². The topological polar surface area (TPSA) is 81.9 Å². The van der Waals surface area contributed by atoms with Gasteiger partial charge in [-0.3, -0.25) is 4.79 Å². The van der Waals surface area contributed by atoms with Crippen LogP contribution in [-0.4, -0.2) is 33.4 Å². The minimum Gasteiger partial charge on any atom is -0.358 e. The summed E-state index contributed by atoms with van der Waals surface area (Å²) in [6.07, 6.45) is 1.93. The number of hydrogen-bond acceptors (Lipinski definition) is 5. The van der Waals surface area contributed by atoms with E-state index in [2.05, 4.69) is 21.4 Å². The second kappa shape index (κ2) is 7.00. The van der Waals surface area contributed by atoms with Gasteiger partial charge in [-0.25, -0.2) is 14.4 Å². The van der Waals surface area contributed by atoms with Gasteiger partial charge in [0.2, 0.25) is 5.91 Å². The smallest absolute Gasteiger partial charge is 0.245 e. The minimum absolute atomic E-state index is 0.0254. The van der Waals surface area contributed by atoms with Gasteiger partial charge in [0.05, 0.1) is 11.6 Å². The third-order valence-corrected chi connectivity index (χ3v) is 4.68. The molecule has 0 radical (unpaired) electrons. The molecule has 4 rings (SSSR count). The van der Waals surface area contributed by atoms with E-state index in [-0.39, 0.29) is 11.4 Å². The maximum atomic E-state index is 13.9. The van der Waals surface area contributed by atoms with E-state index >= 15 is 0 Å². The van der Waals surface area contributed by atoms with E-state index in [4.69, 9.17) is 5.26 Å². The van der Waals surface area contributed by atoms with Crippen molar-refractivity contribution in [2.75, 3.05) is 11.9 Å². The van der Waals surface area contributed by atoms with E-state index in [1.54, 1.807) is 29.2 Å². The molecule has 1 aromatic heterocycles. The van der Waals surface area contributed by atoms with E-state index < -0.39 is 11.9 Å². The van der Waals surface area contributed by atoms with Crippen LogP contribution in [0.5, 0.6) is 0 Å². The molecule has 3 aromatic rings. The largest absolute Gasteiger partial charge is 0.358 e. The average molecular weight is 361 g/mol. The van der Waals surface area contributed by atoms with Crippen LogP contribution in [-0.2, 0) is 11.3 Å². The fourth-order valence-corrected chi connectivity index (χ4v) is 3.27. The molecule has 1 amide bonds. The molecular weight excluding hydrogens is 345 g/mol. The monoisotopic (exact) mass is 361 g/mol. The predicted octanol–water partition coefficient (Wildman–Crippen LogP) is 2.85. The van der Waals surface area contributed by atoms with E-state index in [0.717, 1.165) is 5.56 Å². The number of nitriles is 1. The van der Waals surface area contributed by atoms with Gasteiger partial charge in [-0.1, -0.05) is 18.2 Å². The van der Waals surface area contributed by atoms with E-state index in [0.29, 0.717) is 36.3 Å². The number of carbonyl (C=O) groups is 1. The molecule has 2 heterocycles. The van der Waals surface area contributed by atoms with Crippen molar-refractivity contribution in [1.29, 1.82) is 5.26 Å². The molecule has 0 spiro atoms. The summed E-state index contributed by atoms with van der Waals surface area (Å²) in [6, 6.07) is 13.5. The molecule has 0 aliphatic carbocycles. The number of rotatable bonds is 4. The first-order valence-electron chi connectivity index (χ1n) is 8.59. The number of nitrogens with zero attached hydrogens (tertiary/aromatic N) is 4. The van der Waals surface area contributed by atoms with Crippen LogP contribution in [0.1, 0.15) is 17.5 Å². The van der Waals surface area contributed by atoms with Gasteiger partial charge in [-0.2, -0.15) is 5.26 Å². The first-order valence-corrected chi connectivity index (χ1v) is 8.59. The number of amides is 1. The Morgan fingerprint density at radius 1 is 1.22 bits per heavy atom. The Kier molecular flexibility index (Phi) is 4.38. The molecule has 1 saturated heterocycles.